The number of carbonyl (C=O) groups is 2. The van der Waals surface area contributed by atoms with Crippen molar-refractivity contribution in [2.24, 2.45) is 4.99 Å². The number of hydrogen-bond acceptors (Lipinski definition) is 8. The monoisotopic (exact) mass is 616 g/mol. The fourth-order valence-electron chi connectivity index (χ4n) is 4.71. The molecule has 0 saturated heterocycles. The molecular weight excluding hydrogens is 596 g/mol. The summed E-state index contributed by atoms with van der Waals surface area (Å²) in [5.74, 6) is -0.782. The second kappa shape index (κ2) is 11.4. The van der Waals surface area contributed by atoms with Crippen LogP contribution in [0.4, 0.5) is 0 Å². The fourth-order valence-corrected chi connectivity index (χ4v) is 6.78. The summed E-state index contributed by atoms with van der Waals surface area (Å²) >= 11 is 8.77. The van der Waals surface area contributed by atoms with Crippen molar-refractivity contribution < 1.29 is 23.8 Å². The standard InChI is InChI=1S/C31H21ClN2O6S2/c1-2-39-30(38)25-26(17-7-4-3-5-8-17)33-31-34(27(25)23-9-6-14-41-23)28(35)24(42-31)16-19-11-13-22(40-19)18-10-12-20(29(36)37)21(32)15-18/h3-16,27H,2H2,1H3,(H,36,37)/b24-16-/t27-/m1/s1. The molecule has 1 aliphatic heterocycles. The van der Waals surface area contributed by atoms with E-state index in [1.54, 1.807) is 31.2 Å². The number of carbonyl (C=O) groups excluding carboxylic acids is 1. The molecule has 8 nitrogen and oxygen atoms in total. The van der Waals surface area contributed by atoms with Crippen molar-refractivity contribution in [2.75, 3.05) is 6.61 Å². The third kappa shape index (κ3) is 5.04. The number of carboxylic acids is 1. The van der Waals surface area contributed by atoms with Gasteiger partial charge in [0, 0.05) is 22.1 Å². The molecule has 0 spiro atoms. The summed E-state index contributed by atoms with van der Waals surface area (Å²) in [5.41, 5.74) is 1.76. The van der Waals surface area contributed by atoms with Crippen molar-refractivity contribution in [1.29, 1.82) is 0 Å². The van der Waals surface area contributed by atoms with Crippen LogP contribution >= 0.6 is 34.3 Å². The minimum Gasteiger partial charge on any atom is -0.478 e. The van der Waals surface area contributed by atoms with E-state index in [-0.39, 0.29) is 22.8 Å². The highest BCUT2D eigenvalue weighted by Gasteiger charge is 2.35. The third-order valence-corrected chi connectivity index (χ3v) is 8.79. The van der Waals surface area contributed by atoms with E-state index in [4.69, 9.17) is 25.7 Å². The van der Waals surface area contributed by atoms with E-state index < -0.39 is 18.0 Å². The van der Waals surface area contributed by atoms with Gasteiger partial charge in [-0.25, -0.2) is 14.6 Å². The van der Waals surface area contributed by atoms with Crippen LogP contribution in [0.3, 0.4) is 0 Å². The molecular formula is C31H21ClN2O6S2. The number of benzene rings is 2. The van der Waals surface area contributed by atoms with E-state index in [1.165, 1.54) is 39.4 Å². The summed E-state index contributed by atoms with van der Waals surface area (Å²) in [4.78, 5) is 44.7. The Labute approximate surface area is 251 Å². The summed E-state index contributed by atoms with van der Waals surface area (Å²) in [7, 11) is 0. The SMILES string of the molecule is CCOC(=O)C1=C(c2ccccc2)N=c2s/c(=C\c3ccc(-c4ccc(C(=O)O)c(Cl)c4)o3)c(=O)n2[C@@H]1c1cccs1. The van der Waals surface area contributed by atoms with Gasteiger partial charge in [-0.15, -0.1) is 11.3 Å². The number of rotatable bonds is 7. The molecule has 1 N–H and O–H groups in total. The van der Waals surface area contributed by atoms with E-state index in [0.717, 1.165) is 10.4 Å². The van der Waals surface area contributed by atoms with Crippen LogP contribution in [0.15, 0.2) is 98.0 Å². The van der Waals surface area contributed by atoms with Gasteiger partial charge in [0.2, 0.25) is 0 Å². The maximum atomic E-state index is 13.9. The Bertz CT molecular complexity index is 2040. The number of esters is 1. The average molecular weight is 617 g/mol. The molecule has 1 aliphatic rings. The number of hydrogen-bond donors (Lipinski definition) is 1. The van der Waals surface area contributed by atoms with E-state index in [0.29, 0.717) is 37.7 Å². The number of thiazole rings is 1. The Morgan fingerprint density at radius 2 is 1.90 bits per heavy atom. The first-order chi connectivity index (χ1) is 20.4. The Morgan fingerprint density at radius 1 is 1.10 bits per heavy atom. The molecule has 1 atom stereocenters. The Morgan fingerprint density at radius 3 is 2.60 bits per heavy atom. The number of halogens is 1. The molecule has 0 radical (unpaired) electrons. The Hall–Kier alpha value is -4.51. The molecule has 3 aromatic heterocycles. The predicted octanol–water partition coefficient (Wildman–Crippen LogP) is 5.61. The summed E-state index contributed by atoms with van der Waals surface area (Å²) in [6.07, 6.45) is 1.63. The lowest BCUT2D eigenvalue weighted by Gasteiger charge is -2.24. The number of furan rings is 1. The van der Waals surface area contributed by atoms with E-state index in [9.17, 15) is 19.5 Å². The molecule has 4 heterocycles. The summed E-state index contributed by atoms with van der Waals surface area (Å²) < 4.78 is 13.3. The van der Waals surface area contributed by atoms with E-state index in [1.807, 2.05) is 47.8 Å². The molecule has 0 aliphatic carbocycles. The molecule has 0 saturated carbocycles. The van der Waals surface area contributed by atoms with Gasteiger partial charge in [-0.1, -0.05) is 65.4 Å². The van der Waals surface area contributed by atoms with Crippen molar-refractivity contribution in [3.63, 3.8) is 0 Å². The van der Waals surface area contributed by atoms with Gasteiger partial charge in [-0.3, -0.25) is 9.36 Å². The molecule has 42 heavy (non-hydrogen) atoms. The van der Waals surface area contributed by atoms with Crippen LogP contribution in [0, 0.1) is 0 Å². The maximum absolute atomic E-state index is 13.9. The zero-order valence-corrected chi connectivity index (χ0v) is 24.3. The minimum absolute atomic E-state index is 0.00865. The van der Waals surface area contributed by atoms with Crippen LogP contribution in [0.25, 0.3) is 23.1 Å². The molecule has 6 rings (SSSR count). The molecule has 2 aromatic carbocycles. The highest BCUT2D eigenvalue weighted by molar-refractivity contribution is 7.10. The summed E-state index contributed by atoms with van der Waals surface area (Å²) in [6.45, 7) is 1.92. The smallest absolute Gasteiger partial charge is 0.338 e. The van der Waals surface area contributed by atoms with Crippen LogP contribution in [-0.2, 0) is 9.53 Å². The molecule has 210 valence electrons. The fraction of sp³-hybridized carbons (Fsp3) is 0.0968. The first kappa shape index (κ1) is 27.6. The van der Waals surface area contributed by atoms with Crippen LogP contribution in [-0.4, -0.2) is 28.2 Å². The van der Waals surface area contributed by atoms with Crippen molar-refractivity contribution in [2.45, 2.75) is 13.0 Å². The number of nitrogens with zero attached hydrogens (tertiary/aromatic N) is 2. The molecule has 0 fully saturated rings. The van der Waals surface area contributed by atoms with Gasteiger partial charge in [0.15, 0.2) is 4.80 Å². The van der Waals surface area contributed by atoms with Crippen molar-refractivity contribution in [3.05, 3.63) is 130 Å². The number of thiophene rings is 1. The molecule has 0 bridgehead atoms. The molecule has 11 heteroatoms. The molecule has 0 amide bonds. The zero-order valence-electron chi connectivity index (χ0n) is 21.9. The largest absolute Gasteiger partial charge is 0.478 e. The van der Waals surface area contributed by atoms with Gasteiger partial charge in [-0.2, -0.15) is 0 Å². The van der Waals surface area contributed by atoms with Gasteiger partial charge in [0.1, 0.15) is 17.6 Å². The van der Waals surface area contributed by atoms with Crippen LogP contribution in [0.1, 0.15) is 39.5 Å². The van der Waals surface area contributed by atoms with Gasteiger partial charge in [0.05, 0.1) is 33.0 Å². The van der Waals surface area contributed by atoms with E-state index in [2.05, 4.69) is 0 Å². The highest BCUT2D eigenvalue weighted by atomic mass is 35.5. The topological polar surface area (TPSA) is 111 Å². The maximum Gasteiger partial charge on any atom is 0.338 e. The Balaban J connectivity index is 1.50. The van der Waals surface area contributed by atoms with E-state index >= 15 is 0 Å². The Kier molecular flexibility index (Phi) is 7.51. The lowest BCUT2D eigenvalue weighted by molar-refractivity contribution is -0.138. The second-order valence-corrected chi connectivity index (χ2v) is 11.5. The van der Waals surface area contributed by atoms with Crippen molar-refractivity contribution >= 4 is 58.0 Å². The van der Waals surface area contributed by atoms with Crippen molar-refractivity contribution in [1.82, 2.24) is 4.57 Å². The van der Waals surface area contributed by atoms with Gasteiger partial charge in [0.25, 0.3) is 5.56 Å². The summed E-state index contributed by atoms with van der Waals surface area (Å²) in [5, 5.41) is 11.2. The quantitative estimate of drug-likeness (QED) is 0.238. The third-order valence-electron chi connectivity index (χ3n) is 6.57. The second-order valence-electron chi connectivity index (χ2n) is 9.15. The molecule has 0 unspecified atom stereocenters. The van der Waals surface area contributed by atoms with Crippen LogP contribution < -0.4 is 14.9 Å². The lowest BCUT2D eigenvalue weighted by Crippen LogP contribution is -2.39. The number of ether oxygens (including phenoxy) is 1. The average Bonchev–Trinajstić information content (AvgIpc) is 3.74. The first-order valence-corrected chi connectivity index (χ1v) is 14.9. The van der Waals surface area contributed by atoms with Crippen LogP contribution in [0.5, 0.6) is 0 Å². The molecule has 5 aromatic rings. The van der Waals surface area contributed by atoms with Gasteiger partial charge >= 0.3 is 11.9 Å². The highest BCUT2D eigenvalue weighted by Crippen LogP contribution is 2.37. The minimum atomic E-state index is -1.12. The number of aromatic nitrogens is 1. The normalized spacial score (nSPS) is 14.9. The number of carboxylic acid groups (broad SMARTS) is 1. The predicted molar refractivity (Wildman–Crippen MR) is 161 cm³/mol. The summed E-state index contributed by atoms with van der Waals surface area (Å²) in [6, 6.07) is 20.4. The lowest BCUT2D eigenvalue weighted by atomic mass is 9.97. The van der Waals surface area contributed by atoms with Gasteiger partial charge in [-0.05, 0) is 42.6 Å². The van der Waals surface area contributed by atoms with Crippen molar-refractivity contribution in [3.8, 4) is 11.3 Å². The number of aromatic carboxylic acids is 1. The first-order valence-electron chi connectivity index (χ1n) is 12.8. The van der Waals surface area contributed by atoms with Crippen LogP contribution in [0.2, 0.25) is 5.02 Å². The zero-order chi connectivity index (χ0) is 29.4. The van der Waals surface area contributed by atoms with Gasteiger partial charge < -0.3 is 14.3 Å². The number of fused-ring (bicyclic) bond motifs is 1.